The number of pyridine rings is 3. The molecule has 0 aliphatic heterocycles. The van der Waals surface area contributed by atoms with Gasteiger partial charge in [0.05, 0.1) is 28.5 Å². The minimum Gasteiger partial charge on any atom is -0.396 e. The summed E-state index contributed by atoms with van der Waals surface area (Å²) in [5.41, 5.74) is 29.1. The number of nitrogens with zero attached hydrogens (tertiary/aromatic N) is 7. The van der Waals surface area contributed by atoms with Crippen LogP contribution in [0.25, 0.3) is 22.3 Å². The number of hydrogen-bond donors (Lipinski definition) is 2. The molecule has 0 radical (unpaired) electrons. The fourth-order valence-corrected chi connectivity index (χ4v) is 4.22. The maximum Gasteiger partial charge on any atom is 0.195 e. The Morgan fingerprint density at radius 2 is 0.667 bits per heavy atom. The van der Waals surface area contributed by atoms with E-state index in [9.17, 15) is 9.59 Å². The molecule has 0 spiro atoms. The van der Waals surface area contributed by atoms with Gasteiger partial charge in [-0.1, -0.05) is 7.43 Å². The first kappa shape index (κ1) is 41.1. The number of hydrogen-bond acceptors (Lipinski definition) is 11. The third-order valence-corrected chi connectivity index (χ3v) is 8.61. The number of anilines is 2. The molecule has 5 heterocycles. The van der Waals surface area contributed by atoms with Gasteiger partial charge in [0.25, 0.3) is 0 Å². The van der Waals surface area contributed by atoms with Crippen LogP contribution in [0.5, 0.6) is 0 Å². The maximum absolute atomic E-state index is 9.79. The number of nitrogens with two attached hydrogens (primary N) is 2. The zero-order chi connectivity index (χ0) is 36.1. The number of fused-ring (bicyclic) bond motifs is 2. The van der Waals surface area contributed by atoms with Crippen molar-refractivity contribution in [2.24, 2.45) is 0 Å². The lowest BCUT2D eigenvalue weighted by Crippen LogP contribution is -2.04. The summed E-state index contributed by atoms with van der Waals surface area (Å²) in [5.74, 6) is -0.324. The van der Waals surface area contributed by atoms with E-state index in [1.165, 1.54) is 36.1 Å². The molecule has 0 unspecified atom stereocenters. The molecule has 11 nitrogen and oxygen atoms in total. The second kappa shape index (κ2) is 16.8. The summed E-state index contributed by atoms with van der Waals surface area (Å²) >= 11 is 0. The van der Waals surface area contributed by atoms with Crippen molar-refractivity contribution in [2.75, 3.05) is 11.5 Å². The molecule has 4 N–H and O–H groups in total. The van der Waals surface area contributed by atoms with Crippen LogP contribution in [0.1, 0.15) is 94.5 Å². The van der Waals surface area contributed by atoms with Crippen LogP contribution in [0.3, 0.4) is 0 Å². The summed E-state index contributed by atoms with van der Waals surface area (Å²) in [6.45, 7) is 28.6. The minimum absolute atomic E-state index is 0. The molecule has 0 fully saturated rings. The van der Waals surface area contributed by atoms with Crippen LogP contribution in [0, 0.1) is 90.0 Å². The SMILES string of the molecule is C.CC(=O)C(C)=O.Cc1nc(N)c(N)c(C)c1C.Cc1nc2nc(C)c(C)c(C)c2nc1C.Cc1nc2nc(C)c(C)c(C)c2nc1C. The van der Waals surface area contributed by atoms with E-state index in [4.69, 9.17) is 11.5 Å². The number of aryl methyl sites for hydroxylation is 9. The molecule has 0 amide bonds. The monoisotopic (exact) mass is 655 g/mol. The third-order valence-electron chi connectivity index (χ3n) is 8.61. The Balaban J connectivity index is 0.000000333. The Hall–Kier alpha value is -4.93. The van der Waals surface area contributed by atoms with Crippen LogP contribution >= 0.6 is 0 Å². The Bertz CT molecular complexity index is 1850. The van der Waals surface area contributed by atoms with Crippen LogP contribution < -0.4 is 11.5 Å². The number of ketones is 2. The van der Waals surface area contributed by atoms with Crippen LogP contribution in [-0.4, -0.2) is 46.5 Å². The van der Waals surface area contributed by atoms with Gasteiger partial charge >= 0.3 is 0 Å². The molecule has 0 aliphatic carbocycles. The van der Waals surface area contributed by atoms with Crippen molar-refractivity contribution in [1.29, 1.82) is 0 Å². The molecular weight excluding hydrogens is 602 g/mol. The Morgan fingerprint density at radius 3 is 1.00 bits per heavy atom. The molecule has 5 aromatic heterocycles. The smallest absolute Gasteiger partial charge is 0.195 e. The first-order chi connectivity index (χ1) is 21.7. The molecule has 5 aromatic rings. The highest BCUT2D eigenvalue weighted by atomic mass is 16.2. The quantitative estimate of drug-likeness (QED) is 0.176. The van der Waals surface area contributed by atoms with E-state index in [1.807, 2.05) is 62.3 Å². The second-order valence-electron chi connectivity index (χ2n) is 11.9. The van der Waals surface area contributed by atoms with E-state index < -0.39 is 0 Å². The standard InChI is InChI=1S/2C12H15N3.C8H13N3.C4H6O2.CH4/c2*1-6-7(2)11-12(14-8(6)3)15-10(5)9(4)13-11;1-4-5(2)7(9)8(10)11-6(4)3;1-3(5)4(2)6;/h2*1-5H3;9H2,1-3H3,(H2,10,11);1-2H3;1H4. The van der Waals surface area contributed by atoms with Gasteiger partial charge in [0.1, 0.15) is 16.9 Å². The van der Waals surface area contributed by atoms with Crippen LogP contribution in [0.2, 0.25) is 0 Å². The molecule has 0 saturated carbocycles. The predicted octanol–water partition coefficient (Wildman–Crippen LogP) is 7.11. The lowest BCUT2D eigenvalue weighted by Gasteiger charge is -2.08. The number of Topliss-reactive ketones (excluding diaryl/α,β-unsaturated/α-hetero) is 2. The average Bonchev–Trinajstić information content (AvgIpc) is 3.00. The summed E-state index contributed by atoms with van der Waals surface area (Å²) in [6, 6.07) is 0. The lowest BCUT2D eigenvalue weighted by molar-refractivity contribution is -0.134. The summed E-state index contributed by atoms with van der Waals surface area (Å²) in [7, 11) is 0. The molecule has 48 heavy (non-hydrogen) atoms. The molecule has 0 aliphatic rings. The van der Waals surface area contributed by atoms with Gasteiger partial charge < -0.3 is 11.5 Å². The van der Waals surface area contributed by atoms with Crippen LogP contribution in [0.4, 0.5) is 11.5 Å². The Kier molecular flexibility index (Phi) is 14.3. The fourth-order valence-electron chi connectivity index (χ4n) is 4.22. The topological polar surface area (TPSA) is 176 Å². The number of aromatic nitrogens is 7. The lowest BCUT2D eigenvalue weighted by atomic mass is 10.1. The van der Waals surface area contributed by atoms with Crippen molar-refractivity contribution in [2.45, 2.75) is 111 Å². The fraction of sp³-hybridized carbons (Fsp3) is 0.432. The van der Waals surface area contributed by atoms with Gasteiger partial charge in [-0.15, -0.1) is 0 Å². The summed E-state index contributed by atoms with van der Waals surface area (Å²) < 4.78 is 0. The second-order valence-corrected chi connectivity index (χ2v) is 11.9. The molecule has 258 valence electrons. The van der Waals surface area contributed by atoms with Crippen molar-refractivity contribution >= 4 is 45.4 Å². The van der Waals surface area contributed by atoms with E-state index >= 15 is 0 Å². The Morgan fingerprint density at radius 1 is 0.396 bits per heavy atom. The first-order valence-electron chi connectivity index (χ1n) is 15.4. The number of nitrogen functional groups attached to an aromatic ring is 2. The number of rotatable bonds is 1. The van der Waals surface area contributed by atoms with E-state index in [1.54, 1.807) is 0 Å². The Labute approximate surface area is 285 Å². The van der Waals surface area contributed by atoms with Crippen molar-refractivity contribution in [1.82, 2.24) is 34.9 Å². The predicted molar refractivity (Wildman–Crippen MR) is 197 cm³/mol. The molecule has 0 bridgehead atoms. The van der Waals surface area contributed by atoms with E-state index in [0.29, 0.717) is 11.5 Å². The highest BCUT2D eigenvalue weighted by Gasteiger charge is 2.11. The van der Waals surface area contributed by atoms with E-state index in [0.717, 1.165) is 73.3 Å². The zero-order valence-corrected chi connectivity index (χ0v) is 30.6. The molecule has 0 aromatic carbocycles. The number of carbonyl (C=O) groups excluding carboxylic acids is 2. The summed E-state index contributed by atoms with van der Waals surface area (Å²) in [4.78, 5) is 50.6. The van der Waals surface area contributed by atoms with Crippen molar-refractivity contribution in [3.05, 3.63) is 73.2 Å². The summed E-state index contributed by atoms with van der Waals surface area (Å²) in [5, 5.41) is 0. The van der Waals surface area contributed by atoms with Gasteiger partial charge in [-0.25, -0.2) is 34.9 Å². The van der Waals surface area contributed by atoms with Crippen molar-refractivity contribution < 1.29 is 9.59 Å². The van der Waals surface area contributed by atoms with Gasteiger partial charge in [-0.05, 0) is 123 Å². The molecule has 0 saturated heterocycles. The van der Waals surface area contributed by atoms with Crippen molar-refractivity contribution in [3.8, 4) is 0 Å². The largest absolute Gasteiger partial charge is 0.396 e. The van der Waals surface area contributed by atoms with Gasteiger partial charge in [-0.3, -0.25) is 9.59 Å². The molecule has 5 rings (SSSR count). The molecule has 0 atom stereocenters. The first-order valence-corrected chi connectivity index (χ1v) is 15.4. The van der Waals surface area contributed by atoms with Gasteiger partial charge in [0, 0.05) is 30.9 Å². The van der Waals surface area contributed by atoms with E-state index in [2.05, 4.69) is 62.6 Å². The third kappa shape index (κ3) is 9.56. The highest BCUT2D eigenvalue weighted by molar-refractivity contribution is 6.35. The average molecular weight is 656 g/mol. The van der Waals surface area contributed by atoms with Gasteiger partial charge in [0.2, 0.25) is 0 Å². The zero-order valence-electron chi connectivity index (χ0n) is 30.6. The summed E-state index contributed by atoms with van der Waals surface area (Å²) in [6.07, 6.45) is 0. The van der Waals surface area contributed by atoms with Crippen LogP contribution in [-0.2, 0) is 9.59 Å². The molecule has 11 heteroatoms. The van der Waals surface area contributed by atoms with Gasteiger partial charge in [0.15, 0.2) is 22.9 Å². The molecular formula is C37H53N9O2. The number of carbonyl (C=O) groups is 2. The van der Waals surface area contributed by atoms with Crippen LogP contribution in [0.15, 0.2) is 0 Å². The highest BCUT2D eigenvalue weighted by Crippen LogP contribution is 2.23. The minimum atomic E-state index is -0.380. The maximum atomic E-state index is 9.79. The van der Waals surface area contributed by atoms with E-state index in [-0.39, 0.29) is 19.0 Å². The van der Waals surface area contributed by atoms with Crippen molar-refractivity contribution in [3.63, 3.8) is 0 Å². The normalized spacial score (nSPS) is 10.1. The van der Waals surface area contributed by atoms with Gasteiger partial charge in [-0.2, -0.15) is 0 Å².